The number of ether oxygens (including phenoxy) is 1. The number of halogens is 3. The van der Waals surface area contributed by atoms with Crippen molar-refractivity contribution >= 4 is 35.3 Å². The first kappa shape index (κ1) is 29.2. The average molecular weight is 584 g/mol. The van der Waals surface area contributed by atoms with Gasteiger partial charge in [-0.25, -0.2) is 18.4 Å². The predicted molar refractivity (Wildman–Crippen MR) is 146 cm³/mol. The molecule has 0 fully saturated rings. The summed E-state index contributed by atoms with van der Waals surface area (Å²) in [5, 5.41) is 18.9. The van der Waals surface area contributed by atoms with Crippen LogP contribution in [-0.2, 0) is 16.0 Å². The van der Waals surface area contributed by atoms with E-state index >= 15 is 0 Å². The van der Waals surface area contributed by atoms with Crippen LogP contribution in [0.5, 0.6) is 0 Å². The Labute approximate surface area is 238 Å². The number of aliphatic carboxylic acids is 1. The summed E-state index contributed by atoms with van der Waals surface area (Å²) < 4.78 is 37.6. The minimum Gasteiger partial charge on any atom is -0.480 e. The van der Waals surface area contributed by atoms with E-state index in [1.807, 2.05) is 0 Å². The van der Waals surface area contributed by atoms with Gasteiger partial charge in [0.2, 0.25) is 0 Å². The van der Waals surface area contributed by atoms with Gasteiger partial charge in [0, 0.05) is 28.1 Å². The molecule has 1 heterocycles. The number of carboxylic acids is 1. The molecule has 212 valence electrons. The van der Waals surface area contributed by atoms with Gasteiger partial charge in [-0.1, -0.05) is 53.2 Å². The second-order valence-corrected chi connectivity index (χ2v) is 9.47. The maximum atomic E-state index is 13.5. The highest BCUT2D eigenvalue weighted by Crippen LogP contribution is 2.32. The molecule has 0 aliphatic rings. The Hall–Kier alpha value is -4.77. The molecule has 41 heavy (non-hydrogen) atoms. The average Bonchev–Trinajstić information content (AvgIpc) is 3.29. The molecular formula is C29H24ClF2N3O6. The lowest BCUT2D eigenvalue weighted by Crippen LogP contribution is -2.42. The Kier molecular flexibility index (Phi) is 8.98. The van der Waals surface area contributed by atoms with E-state index in [0.29, 0.717) is 21.8 Å². The zero-order valence-electron chi connectivity index (χ0n) is 21.8. The SMILES string of the molecule is Cc1noc(-c2ccc(C(=O)N[C@H](Cc3ccc(F)c(F)c3)C(=O)O)cc2)c1NC(=O)OC(C)c1ccccc1Cl. The molecule has 0 saturated heterocycles. The Morgan fingerprint density at radius 3 is 2.41 bits per heavy atom. The first-order valence-corrected chi connectivity index (χ1v) is 12.7. The number of anilines is 1. The fraction of sp³-hybridized carbons (Fsp3) is 0.172. The standard InChI is InChI=1S/C29H24ClF2N3O6/c1-15-25(34-29(39)40-16(2)20-5-3-4-6-21(20)30)26(41-35-15)18-8-10-19(11-9-18)27(36)33-24(28(37)38)14-17-7-12-22(31)23(32)13-17/h3-13,16,24H,14H2,1-2H3,(H,33,36)(H,34,39)(H,37,38)/t16?,24-/m1/s1. The monoisotopic (exact) mass is 583 g/mol. The van der Waals surface area contributed by atoms with Crippen LogP contribution in [0.25, 0.3) is 11.3 Å². The van der Waals surface area contributed by atoms with Crippen LogP contribution in [0, 0.1) is 18.6 Å². The van der Waals surface area contributed by atoms with E-state index < -0.39 is 41.7 Å². The van der Waals surface area contributed by atoms with E-state index in [-0.39, 0.29) is 29.0 Å². The molecule has 1 aromatic heterocycles. The molecule has 9 nitrogen and oxygen atoms in total. The molecule has 2 amide bonds. The maximum absolute atomic E-state index is 13.5. The van der Waals surface area contributed by atoms with Gasteiger partial charge in [-0.2, -0.15) is 0 Å². The van der Waals surface area contributed by atoms with E-state index in [4.69, 9.17) is 20.9 Å². The second kappa shape index (κ2) is 12.6. The molecule has 1 unspecified atom stereocenters. The molecule has 3 aromatic carbocycles. The molecule has 2 atom stereocenters. The number of nitrogens with one attached hydrogen (secondary N) is 2. The van der Waals surface area contributed by atoms with Crippen molar-refractivity contribution in [1.29, 1.82) is 0 Å². The molecule has 0 bridgehead atoms. The first-order chi connectivity index (χ1) is 19.5. The quantitative estimate of drug-likeness (QED) is 0.210. The van der Waals surface area contributed by atoms with Crippen LogP contribution in [0.2, 0.25) is 5.02 Å². The van der Waals surface area contributed by atoms with Gasteiger partial charge in [-0.3, -0.25) is 10.1 Å². The summed E-state index contributed by atoms with van der Waals surface area (Å²) in [5.41, 5.74) is 2.07. The van der Waals surface area contributed by atoms with Crippen molar-refractivity contribution in [2.45, 2.75) is 32.4 Å². The summed E-state index contributed by atoms with van der Waals surface area (Å²) in [6, 6.07) is 14.5. The van der Waals surface area contributed by atoms with Crippen molar-refractivity contribution in [2.75, 3.05) is 5.32 Å². The molecule has 12 heteroatoms. The van der Waals surface area contributed by atoms with Gasteiger partial charge in [0.1, 0.15) is 23.5 Å². The predicted octanol–water partition coefficient (Wildman–Crippen LogP) is 6.32. The number of amides is 2. The third-order valence-corrected chi connectivity index (χ3v) is 6.50. The number of rotatable bonds is 9. The minimum absolute atomic E-state index is 0.129. The lowest BCUT2D eigenvalue weighted by Gasteiger charge is -2.16. The number of hydrogen-bond acceptors (Lipinski definition) is 6. The largest absolute Gasteiger partial charge is 0.480 e. The fourth-order valence-electron chi connectivity index (χ4n) is 3.99. The highest BCUT2D eigenvalue weighted by Gasteiger charge is 2.23. The number of hydrogen-bond donors (Lipinski definition) is 3. The molecule has 4 rings (SSSR count). The third-order valence-electron chi connectivity index (χ3n) is 6.15. The summed E-state index contributed by atoms with van der Waals surface area (Å²) in [6.45, 7) is 3.31. The molecule has 3 N–H and O–H groups in total. The summed E-state index contributed by atoms with van der Waals surface area (Å²) in [5.74, 6) is -4.01. The van der Waals surface area contributed by atoms with Gasteiger partial charge < -0.3 is 19.7 Å². The van der Waals surface area contributed by atoms with Crippen molar-refractivity contribution in [3.63, 3.8) is 0 Å². The van der Waals surface area contributed by atoms with Crippen LogP contribution in [-0.4, -0.2) is 34.3 Å². The summed E-state index contributed by atoms with van der Waals surface area (Å²) in [6.07, 6.45) is -1.66. The van der Waals surface area contributed by atoms with Gasteiger partial charge in [-0.15, -0.1) is 0 Å². The van der Waals surface area contributed by atoms with Crippen LogP contribution in [0.4, 0.5) is 19.3 Å². The van der Waals surface area contributed by atoms with Gasteiger partial charge in [0.05, 0.1) is 0 Å². The van der Waals surface area contributed by atoms with E-state index in [9.17, 15) is 28.3 Å². The molecule has 0 aliphatic carbocycles. The number of aromatic nitrogens is 1. The first-order valence-electron chi connectivity index (χ1n) is 12.3. The Balaban J connectivity index is 1.44. The van der Waals surface area contributed by atoms with Gasteiger partial charge in [-0.05, 0) is 49.7 Å². The smallest absolute Gasteiger partial charge is 0.412 e. The molecular weight excluding hydrogens is 560 g/mol. The summed E-state index contributed by atoms with van der Waals surface area (Å²) >= 11 is 6.18. The number of carboxylic acid groups (broad SMARTS) is 1. The van der Waals surface area contributed by atoms with E-state index in [2.05, 4.69) is 15.8 Å². The van der Waals surface area contributed by atoms with Crippen molar-refractivity contribution in [3.05, 3.63) is 106 Å². The van der Waals surface area contributed by atoms with E-state index in [1.165, 1.54) is 30.3 Å². The normalized spacial score (nSPS) is 12.3. The number of benzene rings is 3. The lowest BCUT2D eigenvalue weighted by molar-refractivity contribution is -0.139. The van der Waals surface area contributed by atoms with E-state index in [1.54, 1.807) is 38.1 Å². The van der Waals surface area contributed by atoms with Crippen molar-refractivity contribution in [1.82, 2.24) is 10.5 Å². The number of aryl methyl sites for hydroxylation is 1. The summed E-state index contributed by atoms with van der Waals surface area (Å²) in [7, 11) is 0. The number of carbonyl (C=O) groups excluding carboxylic acids is 2. The van der Waals surface area contributed by atoms with Crippen LogP contribution < -0.4 is 10.6 Å². The van der Waals surface area contributed by atoms with Crippen LogP contribution >= 0.6 is 11.6 Å². The Morgan fingerprint density at radius 1 is 1.05 bits per heavy atom. The van der Waals surface area contributed by atoms with Crippen LogP contribution in [0.15, 0.2) is 71.3 Å². The Bertz CT molecular complexity index is 1590. The molecule has 0 aliphatic heterocycles. The maximum Gasteiger partial charge on any atom is 0.412 e. The highest BCUT2D eigenvalue weighted by molar-refractivity contribution is 6.31. The highest BCUT2D eigenvalue weighted by atomic mass is 35.5. The van der Waals surface area contributed by atoms with Crippen molar-refractivity contribution in [3.8, 4) is 11.3 Å². The van der Waals surface area contributed by atoms with E-state index in [0.717, 1.165) is 12.1 Å². The molecule has 0 radical (unpaired) electrons. The molecule has 4 aromatic rings. The zero-order valence-corrected chi connectivity index (χ0v) is 22.5. The number of nitrogens with zero attached hydrogens (tertiary/aromatic N) is 1. The zero-order chi connectivity index (χ0) is 29.7. The van der Waals surface area contributed by atoms with Crippen LogP contribution in [0.3, 0.4) is 0 Å². The van der Waals surface area contributed by atoms with Gasteiger partial charge >= 0.3 is 12.1 Å². The number of carbonyl (C=O) groups is 3. The topological polar surface area (TPSA) is 131 Å². The lowest BCUT2D eigenvalue weighted by atomic mass is 10.0. The second-order valence-electron chi connectivity index (χ2n) is 9.06. The molecule has 0 saturated carbocycles. The fourth-order valence-corrected chi connectivity index (χ4v) is 4.28. The third kappa shape index (κ3) is 7.06. The van der Waals surface area contributed by atoms with Crippen molar-refractivity contribution in [2.24, 2.45) is 0 Å². The molecule has 0 spiro atoms. The van der Waals surface area contributed by atoms with Crippen LogP contribution in [0.1, 0.15) is 40.2 Å². The minimum atomic E-state index is -1.39. The van der Waals surface area contributed by atoms with Gasteiger partial charge in [0.25, 0.3) is 5.91 Å². The van der Waals surface area contributed by atoms with Crippen molar-refractivity contribution < 1.29 is 37.5 Å². The van der Waals surface area contributed by atoms with Gasteiger partial charge in [0.15, 0.2) is 17.4 Å². The Morgan fingerprint density at radius 2 is 1.76 bits per heavy atom. The summed E-state index contributed by atoms with van der Waals surface area (Å²) in [4.78, 5) is 37.1.